The van der Waals surface area contributed by atoms with Gasteiger partial charge >= 0.3 is 0 Å². The van der Waals surface area contributed by atoms with Gasteiger partial charge in [-0.2, -0.15) is 0 Å². The van der Waals surface area contributed by atoms with Crippen molar-refractivity contribution in [1.82, 2.24) is 10.4 Å². The molecule has 0 bridgehead atoms. The zero-order valence-electron chi connectivity index (χ0n) is 15.2. The monoisotopic (exact) mass is 370 g/mol. The fourth-order valence-electron chi connectivity index (χ4n) is 3.71. The molecule has 0 aromatic heterocycles. The third-order valence-corrected chi connectivity index (χ3v) is 5.13. The SMILES string of the molecule is CCN1c2cccc(-c3ccc(C(=O)N4CCOCC4)cc3)c2NC1NF. The molecule has 7 heteroatoms. The summed E-state index contributed by atoms with van der Waals surface area (Å²) in [5, 5.41) is 3.19. The van der Waals surface area contributed by atoms with Crippen molar-refractivity contribution < 1.29 is 14.0 Å². The number of anilines is 2. The summed E-state index contributed by atoms with van der Waals surface area (Å²) < 4.78 is 18.5. The Kier molecular flexibility index (Phi) is 4.96. The van der Waals surface area contributed by atoms with Crippen LogP contribution >= 0.6 is 0 Å². The van der Waals surface area contributed by atoms with Crippen LogP contribution in [0.2, 0.25) is 0 Å². The van der Waals surface area contributed by atoms with Gasteiger partial charge in [0.25, 0.3) is 5.91 Å². The standard InChI is InChI=1S/C20H23FN4O2/c1-2-25-17-5-3-4-16(18(17)22-20(25)23-21)14-6-8-15(9-7-14)19(26)24-10-12-27-13-11-24/h3-9,20,22-23H,2,10-13H2,1H3. The van der Waals surface area contributed by atoms with Crippen molar-refractivity contribution in [2.24, 2.45) is 0 Å². The first kappa shape index (κ1) is 17.8. The summed E-state index contributed by atoms with van der Waals surface area (Å²) in [6.07, 6.45) is -0.576. The molecule has 0 radical (unpaired) electrons. The van der Waals surface area contributed by atoms with E-state index in [2.05, 4.69) is 5.32 Å². The Morgan fingerprint density at radius 1 is 1.22 bits per heavy atom. The Morgan fingerprint density at radius 3 is 2.63 bits per heavy atom. The van der Waals surface area contributed by atoms with Crippen molar-refractivity contribution in [2.45, 2.75) is 13.2 Å². The van der Waals surface area contributed by atoms with Crippen LogP contribution in [0.15, 0.2) is 42.5 Å². The Balaban J connectivity index is 1.60. The number of benzene rings is 2. The maximum Gasteiger partial charge on any atom is 0.254 e. The molecule has 142 valence electrons. The zero-order chi connectivity index (χ0) is 18.8. The lowest BCUT2D eigenvalue weighted by Gasteiger charge is -2.26. The number of nitrogens with one attached hydrogen (secondary N) is 2. The number of fused-ring (bicyclic) bond motifs is 1. The summed E-state index contributed by atoms with van der Waals surface area (Å²) in [7, 11) is 0. The van der Waals surface area contributed by atoms with Gasteiger partial charge in [0.05, 0.1) is 24.6 Å². The molecule has 1 unspecified atom stereocenters. The fraction of sp³-hybridized carbons (Fsp3) is 0.350. The van der Waals surface area contributed by atoms with Gasteiger partial charge in [0.15, 0.2) is 6.29 Å². The van der Waals surface area contributed by atoms with Crippen LogP contribution in [0.4, 0.5) is 15.9 Å². The number of rotatable bonds is 4. The van der Waals surface area contributed by atoms with Gasteiger partial charge in [-0.1, -0.05) is 24.3 Å². The van der Waals surface area contributed by atoms with E-state index in [1.807, 2.05) is 59.2 Å². The molecule has 0 aliphatic carbocycles. The van der Waals surface area contributed by atoms with Crippen LogP contribution in [0.1, 0.15) is 17.3 Å². The summed E-state index contributed by atoms with van der Waals surface area (Å²) in [6, 6.07) is 13.5. The van der Waals surface area contributed by atoms with Crippen LogP contribution in [-0.2, 0) is 4.74 Å². The molecule has 27 heavy (non-hydrogen) atoms. The normalized spacial score (nSPS) is 19.0. The Labute approximate surface area is 157 Å². The van der Waals surface area contributed by atoms with Crippen molar-refractivity contribution >= 4 is 17.3 Å². The fourth-order valence-corrected chi connectivity index (χ4v) is 3.71. The minimum absolute atomic E-state index is 0.0279. The van der Waals surface area contributed by atoms with E-state index in [0.29, 0.717) is 38.4 Å². The molecule has 2 aliphatic rings. The summed E-state index contributed by atoms with van der Waals surface area (Å²) in [5.74, 6) is 0.0279. The van der Waals surface area contributed by atoms with Gasteiger partial charge in [0.2, 0.25) is 0 Å². The second-order valence-electron chi connectivity index (χ2n) is 6.62. The highest BCUT2D eigenvalue weighted by Gasteiger charge is 2.29. The average Bonchev–Trinajstić information content (AvgIpc) is 3.12. The molecule has 0 saturated carbocycles. The van der Waals surface area contributed by atoms with E-state index in [0.717, 1.165) is 22.5 Å². The highest BCUT2D eigenvalue weighted by Crippen LogP contribution is 2.41. The van der Waals surface area contributed by atoms with E-state index < -0.39 is 6.29 Å². The number of carbonyl (C=O) groups is 1. The molecule has 2 N–H and O–H groups in total. The Morgan fingerprint density at radius 2 is 1.96 bits per heavy atom. The number of ether oxygens (including phenoxy) is 1. The third-order valence-electron chi connectivity index (χ3n) is 5.13. The van der Waals surface area contributed by atoms with Gasteiger partial charge in [0.1, 0.15) is 0 Å². The molecule has 2 heterocycles. The van der Waals surface area contributed by atoms with Gasteiger partial charge in [-0.05, 0) is 30.7 Å². The van der Waals surface area contributed by atoms with E-state index in [1.54, 1.807) is 5.54 Å². The summed E-state index contributed by atoms with van der Waals surface area (Å²) in [6.45, 7) is 5.09. The number of halogens is 1. The van der Waals surface area contributed by atoms with Gasteiger partial charge in [0, 0.05) is 30.8 Å². The van der Waals surface area contributed by atoms with Gasteiger partial charge in [-0.15, -0.1) is 10.0 Å². The summed E-state index contributed by atoms with van der Waals surface area (Å²) in [5.41, 5.74) is 6.28. The molecule has 6 nitrogen and oxygen atoms in total. The summed E-state index contributed by atoms with van der Waals surface area (Å²) >= 11 is 0. The number of hydrogen-bond acceptors (Lipinski definition) is 5. The van der Waals surface area contributed by atoms with Crippen molar-refractivity contribution in [2.75, 3.05) is 43.1 Å². The van der Waals surface area contributed by atoms with Crippen molar-refractivity contribution in [3.8, 4) is 11.1 Å². The number of amides is 1. The van der Waals surface area contributed by atoms with Crippen LogP contribution in [-0.4, -0.2) is 49.9 Å². The molecule has 2 aromatic carbocycles. The molecule has 2 aliphatic heterocycles. The highest BCUT2D eigenvalue weighted by molar-refractivity contribution is 5.96. The number of morpholine rings is 1. The van der Waals surface area contributed by atoms with E-state index in [9.17, 15) is 9.28 Å². The Hall–Kier alpha value is -2.64. The predicted octanol–water partition coefficient (Wildman–Crippen LogP) is 2.84. The molecule has 4 rings (SSSR count). The number of nitrogens with zero attached hydrogens (tertiary/aromatic N) is 2. The molecule has 0 spiro atoms. The van der Waals surface area contributed by atoms with Gasteiger partial charge in [-0.3, -0.25) is 4.79 Å². The smallest absolute Gasteiger partial charge is 0.254 e. The van der Waals surface area contributed by atoms with Crippen LogP contribution in [0.3, 0.4) is 0 Å². The minimum Gasteiger partial charge on any atom is -0.378 e. The first-order valence-electron chi connectivity index (χ1n) is 9.22. The summed E-state index contributed by atoms with van der Waals surface area (Å²) in [4.78, 5) is 16.3. The van der Waals surface area contributed by atoms with E-state index in [-0.39, 0.29) is 5.91 Å². The molecule has 1 fully saturated rings. The highest BCUT2D eigenvalue weighted by atomic mass is 19.2. The van der Waals surface area contributed by atoms with Crippen LogP contribution in [0.5, 0.6) is 0 Å². The quantitative estimate of drug-likeness (QED) is 0.811. The molecule has 1 atom stereocenters. The molecule has 1 amide bonds. The number of para-hydroxylation sites is 1. The van der Waals surface area contributed by atoms with Crippen molar-refractivity contribution in [1.29, 1.82) is 0 Å². The lowest BCUT2D eigenvalue weighted by atomic mass is 10.0. The topological polar surface area (TPSA) is 56.8 Å². The van der Waals surface area contributed by atoms with Crippen molar-refractivity contribution in [3.05, 3.63) is 48.0 Å². The van der Waals surface area contributed by atoms with Crippen molar-refractivity contribution in [3.63, 3.8) is 0 Å². The van der Waals surface area contributed by atoms with E-state index in [1.165, 1.54) is 0 Å². The van der Waals surface area contributed by atoms with E-state index in [4.69, 9.17) is 4.74 Å². The maximum atomic E-state index is 13.1. The molecular formula is C20H23FN4O2. The zero-order valence-corrected chi connectivity index (χ0v) is 15.2. The molecular weight excluding hydrogens is 347 g/mol. The number of hydrogen-bond donors (Lipinski definition) is 2. The van der Waals surface area contributed by atoms with Crippen LogP contribution in [0, 0.1) is 0 Å². The second kappa shape index (κ2) is 7.54. The Bertz CT molecular complexity index is 821. The van der Waals surface area contributed by atoms with Crippen LogP contribution < -0.4 is 15.8 Å². The predicted molar refractivity (Wildman–Crippen MR) is 103 cm³/mol. The van der Waals surface area contributed by atoms with Gasteiger partial charge in [-0.25, -0.2) is 0 Å². The lowest BCUT2D eigenvalue weighted by Crippen LogP contribution is -2.43. The second-order valence-corrected chi connectivity index (χ2v) is 6.62. The third kappa shape index (κ3) is 3.24. The number of carbonyl (C=O) groups excluding carboxylic acids is 1. The average molecular weight is 370 g/mol. The first-order chi connectivity index (χ1) is 13.2. The molecule has 2 aromatic rings. The minimum atomic E-state index is -0.576. The molecule has 1 saturated heterocycles. The van der Waals surface area contributed by atoms with E-state index >= 15 is 0 Å². The van der Waals surface area contributed by atoms with Gasteiger partial charge < -0.3 is 19.9 Å². The largest absolute Gasteiger partial charge is 0.378 e. The lowest BCUT2D eigenvalue weighted by molar-refractivity contribution is 0.0303. The first-order valence-corrected chi connectivity index (χ1v) is 9.22. The van der Waals surface area contributed by atoms with Crippen LogP contribution in [0.25, 0.3) is 11.1 Å². The maximum absolute atomic E-state index is 13.1.